The molecule has 2 amide bonds. The minimum absolute atomic E-state index is 0.0237. The maximum Gasteiger partial charge on any atom is 0.268 e. The zero-order chi connectivity index (χ0) is 10.7. The van der Waals surface area contributed by atoms with Gasteiger partial charge in [-0.1, -0.05) is 0 Å². The Bertz CT molecular complexity index is 376. The molecule has 0 aliphatic heterocycles. The molecule has 1 aromatic rings. The van der Waals surface area contributed by atoms with E-state index in [0.29, 0.717) is 5.82 Å². The van der Waals surface area contributed by atoms with Crippen LogP contribution in [0.1, 0.15) is 17.4 Å². The Labute approximate surface area is 81.5 Å². The second-order valence-corrected chi connectivity index (χ2v) is 2.74. The number of nitrogens with zero attached hydrogens (tertiary/aromatic N) is 2. The summed E-state index contributed by atoms with van der Waals surface area (Å²) in [6.45, 7) is 1.41. The quantitative estimate of drug-likeness (QED) is 0.714. The number of carbonyl (C=O) groups is 2. The van der Waals surface area contributed by atoms with Crippen molar-refractivity contribution in [2.75, 3.05) is 11.9 Å². The minimum atomic E-state index is -0.663. The molecule has 1 aromatic heterocycles. The highest BCUT2D eigenvalue weighted by Crippen LogP contribution is 2.08. The van der Waals surface area contributed by atoms with E-state index in [0.717, 1.165) is 0 Å². The van der Waals surface area contributed by atoms with Crippen LogP contribution in [0.5, 0.6) is 0 Å². The van der Waals surface area contributed by atoms with Gasteiger partial charge in [-0.25, -0.2) is 4.98 Å². The van der Waals surface area contributed by atoms with E-state index in [1.54, 1.807) is 13.1 Å². The van der Waals surface area contributed by atoms with Crippen LogP contribution in [-0.2, 0) is 4.79 Å². The third kappa shape index (κ3) is 2.07. The number of carbonyl (C=O) groups excluding carboxylic acids is 2. The van der Waals surface area contributed by atoms with Gasteiger partial charge in [-0.15, -0.1) is 0 Å². The monoisotopic (exact) mass is 192 g/mol. The summed E-state index contributed by atoms with van der Waals surface area (Å²) >= 11 is 0. The molecule has 1 rings (SSSR count). The van der Waals surface area contributed by atoms with E-state index >= 15 is 0 Å². The van der Waals surface area contributed by atoms with Crippen LogP contribution >= 0.6 is 0 Å². The number of hydrogen-bond acceptors (Lipinski definition) is 3. The van der Waals surface area contributed by atoms with Crippen LogP contribution in [-0.4, -0.2) is 23.8 Å². The number of amides is 2. The lowest BCUT2D eigenvalue weighted by atomic mass is 10.3. The lowest BCUT2D eigenvalue weighted by Gasteiger charge is -2.13. The summed E-state index contributed by atoms with van der Waals surface area (Å²) in [6.07, 6.45) is 0. The SMILES string of the molecule is CC(=O)N(C)c1cc[c]c(C(N)=O)n1. The van der Waals surface area contributed by atoms with Crippen molar-refractivity contribution in [1.29, 1.82) is 0 Å². The van der Waals surface area contributed by atoms with E-state index in [1.807, 2.05) is 0 Å². The average Bonchev–Trinajstić information content (AvgIpc) is 2.16. The van der Waals surface area contributed by atoms with Gasteiger partial charge in [0.1, 0.15) is 11.5 Å². The Morgan fingerprint density at radius 1 is 1.57 bits per heavy atom. The zero-order valence-corrected chi connectivity index (χ0v) is 7.94. The van der Waals surface area contributed by atoms with Crippen molar-refractivity contribution in [1.82, 2.24) is 4.98 Å². The fourth-order valence-electron chi connectivity index (χ4n) is 0.854. The summed E-state index contributed by atoms with van der Waals surface area (Å²) in [7, 11) is 1.56. The first-order chi connectivity index (χ1) is 6.52. The number of anilines is 1. The van der Waals surface area contributed by atoms with Crippen molar-refractivity contribution in [3.05, 3.63) is 23.9 Å². The zero-order valence-electron chi connectivity index (χ0n) is 7.94. The molecule has 0 spiro atoms. The largest absolute Gasteiger partial charge is 0.364 e. The first kappa shape index (κ1) is 10.2. The maximum absolute atomic E-state index is 11.0. The summed E-state index contributed by atoms with van der Waals surface area (Å²) in [4.78, 5) is 26.9. The Morgan fingerprint density at radius 3 is 2.71 bits per heavy atom. The van der Waals surface area contributed by atoms with Crippen LogP contribution < -0.4 is 10.6 Å². The Hall–Kier alpha value is -1.91. The highest BCUT2D eigenvalue weighted by molar-refractivity contribution is 5.93. The molecule has 0 bridgehead atoms. The number of aromatic nitrogens is 1. The molecule has 0 unspecified atom stereocenters. The number of hydrogen-bond donors (Lipinski definition) is 1. The molecule has 0 saturated heterocycles. The molecule has 5 heteroatoms. The van der Waals surface area contributed by atoms with Crippen LogP contribution in [0, 0.1) is 6.07 Å². The number of rotatable bonds is 2. The summed E-state index contributed by atoms with van der Waals surface area (Å²) in [5.74, 6) is -0.451. The fraction of sp³-hybridized carbons (Fsp3) is 0.222. The summed E-state index contributed by atoms with van der Waals surface area (Å²) in [6, 6.07) is 5.66. The predicted octanol–water partition coefficient (Wildman–Crippen LogP) is -0.0366. The Balaban J connectivity index is 3.05. The van der Waals surface area contributed by atoms with E-state index in [1.165, 1.54) is 17.9 Å². The third-order valence-corrected chi connectivity index (χ3v) is 1.73. The van der Waals surface area contributed by atoms with E-state index in [4.69, 9.17) is 5.73 Å². The van der Waals surface area contributed by atoms with Crippen molar-refractivity contribution in [2.24, 2.45) is 5.73 Å². The van der Waals surface area contributed by atoms with Crippen molar-refractivity contribution in [3.8, 4) is 0 Å². The molecule has 0 aliphatic carbocycles. The molecular weight excluding hydrogens is 182 g/mol. The molecule has 0 aliphatic rings. The van der Waals surface area contributed by atoms with E-state index in [2.05, 4.69) is 11.1 Å². The van der Waals surface area contributed by atoms with Gasteiger partial charge in [0.05, 0.1) is 0 Å². The first-order valence-electron chi connectivity index (χ1n) is 3.95. The highest BCUT2D eigenvalue weighted by Gasteiger charge is 2.09. The predicted molar refractivity (Wildman–Crippen MR) is 50.7 cm³/mol. The topological polar surface area (TPSA) is 76.3 Å². The van der Waals surface area contributed by atoms with Crippen LogP contribution in [0.3, 0.4) is 0 Å². The standard InChI is InChI=1S/C9H10N3O2/c1-6(13)12(2)8-5-3-4-7(11-8)9(10)14/h3,5H,1-2H3,(H2,10,14). The molecule has 1 radical (unpaired) electrons. The second kappa shape index (κ2) is 3.87. The van der Waals surface area contributed by atoms with Gasteiger partial charge in [0.25, 0.3) is 5.91 Å². The van der Waals surface area contributed by atoms with Crippen LogP contribution in [0.2, 0.25) is 0 Å². The smallest absolute Gasteiger partial charge is 0.268 e. The molecular formula is C9H10N3O2. The molecule has 0 aromatic carbocycles. The number of nitrogens with two attached hydrogens (primary N) is 1. The van der Waals surface area contributed by atoms with Crippen molar-refractivity contribution >= 4 is 17.6 Å². The third-order valence-electron chi connectivity index (χ3n) is 1.73. The average molecular weight is 192 g/mol. The molecule has 14 heavy (non-hydrogen) atoms. The lowest BCUT2D eigenvalue weighted by molar-refractivity contribution is -0.116. The molecule has 2 N–H and O–H groups in total. The van der Waals surface area contributed by atoms with Gasteiger partial charge < -0.3 is 10.6 Å². The fourth-order valence-corrected chi connectivity index (χ4v) is 0.854. The van der Waals surface area contributed by atoms with Gasteiger partial charge in [0.15, 0.2) is 0 Å². The van der Waals surface area contributed by atoms with Gasteiger partial charge in [-0.3, -0.25) is 9.59 Å². The normalized spacial score (nSPS) is 9.57. The Kier molecular flexibility index (Phi) is 2.81. The van der Waals surface area contributed by atoms with E-state index < -0.39 is 5.91 Å². The van der Waals surface area contributed by atoms with Crippen molar-refractivity contribution < 1.29 is 9.59 Å². The van der Waals surface area contributed by atoms with Gasteiger partial charge >= 0.3 is 0 Å². The Morgan fingerprint density at radius 2 is 2.21 bits per heavy atom. The highest BCUT2D eigenvalue weighted by atomic mass is 16.2. The number of pyridine rings is 1. The first-order valence-corrected chi connectivity index (χ1v) is 3.95. The summed E-state index contributed by atoms with van der Waals surface area (Å²) in [5.41, 5.74) is 5.05. The second-order valence-electron chi connectivity index (χ2n) is 2.74. The molecule has 0 fully saturated rings. The van der Waals surface area contributed by atoms with Gasteiger partial charge in [0.2, 0.25) is 5.91 Å². The van der Waals surface area contributed by atoms with Crippen LogP contribution in [0.4, 0.5) is 5.82 Å². The molecule has 73 valence electrons. The molecule has 5 nitrogen and oxygen atoms in total. The van der Waals surface area contributed by atoms with Crippen molar-refractivity contribution in [2.45, 2.75) is 6.92 Å². The van der Waals surface area contributed by atoms with Crippen molar-refractivity contribution in [3.63, 3.8) is 0 Å². The van der Waals surface area contributed by atoms with E-state index in [-0.39, 0.29) is 11.6 Å². The van der Waals surface area contributed by atoms with Crippen LogP contribution in [0.25, 0.3) is 0 Å². The summed E-state index contributed by atoms with van der Waals surface area (Å²) in [5, 5.41) is 0. The molecule has 1 heterocycles. The van der Waals surface area contributed by atoms with Gasteiger partial charge in [-0.05, 0) is 12.1 Å². The molecule has 0 atom stereocenters. The lowest BCUT2D eigenvalue weighted by Crippen LogP contribution is -2.25. The maximum atomic E-state index is 11.0. The van der Waals surface area contributed by atoms with E-state index in [9.17, 15) is 9.59 Å². The minimum Gasteiger partial charge on any atom is -0.364 e. The molecule has 0 saturated carbocycles. The van der Waals surface area contributed by atoms with Crippen LogP contribution in [0.15, 0.2) is 12.1 Å². The van der Waals surface area contributed by atoms with Gasteiger partial charge in [0, 0.05) is 20.0 Å². The van der Waals surface area contributed by atoms with Gasteiger partial charge in [-0.2, -0.15) is 0 Å². The summed E-state index contributed by atoms with van der Waals surface area (Å²) < 4.78 is 0. The number of primary amides is 1.